The van der Waals surface area contributed by atoms with E-state index in [-0.39, 0.29) is 21.2 Å². The molecule has 0 aliphatic carbocycles. The Kier molecular flexibility index (Phi) is 3.95. The van der Waals surface area contributed by atoms with Crippen molar-refractivity contribution in [2.45, 2.75) is 6.92 Å². The molecule has 0 unspecified atom stereocenters. The standard InChI is InChI=1S/C13H7BrCl2F2/c1-6-2-3-9(15)11(13(6)18)8-4-7(14)5-10(17)12(8)16/h2-5H,1H3. The van der Waals surface area contributed by atoms with E-state index in [1.54, 1.807) is 19.1 Å². The number of hydrogen-bond acceptors (Lipinski definition) is 0. The molecule has 2 aromatic rings. The van der Waals surface area contributed by atoms with Gasteiger partial charge in [0, 0.05) is 15.6 Å². The van der Waals surface area contributed by atoms with Crippen LogP contribution in [-0.2, 0) is 0 Å². The van der Waals surface area contributed by atoms with Crippen molar-refractivity contribution in [2.24, 2.45) is 0 Å². The van der Waals surface area contributed by atoms with Crippen LogP contribution in [-0.4, -0.2) is 0 Å². The first-order valence-electron chi connectivity index (χ1n) is 5.01. The zero-order valence-electron chi connectivity index (χ0n) is 9.20. The number of benzene rings is 2. The van der Waals surface area contributed by atoms with E-state index in [4.69, 9.17) is 23.2 Å². The van der Waals surface area contributed by atoms with Gasteiger partial charge in [0.15, 0.2) is 0 Å². The molecule has 0 aliphatic heterocycles. The molecule has 0 aromatic heterocycles. The van der Waals surface area contributed by atoms with Crippen LogP contribution in [0.5, 0.6) is 0 Å². The summed E-state index contributed by atoms with van der Waals surface area (Å²) in [4.78, 5) is 0. The molecule has 5 heteroatoms. The molecule has 0 atom stereocenters. The second kappa shape index (κ2) is 5.16. The van der Waals surface area contributed by atoms with Crippen LogP contribution in [0, 0.1) is 18.6 Å². The number of rotatable bonds is 1. The molecule has 0 N–H and O–H groups in total. The van der Waals surface area contributed by atoms with Crippen LogP contribution in [0.15, 0.2) is 28.7 Å². The largest absolute Gasteiger partial charge is 0.206 e. The molecule has 2 aromatic carbocycles. The summed E-state index contributed by atoms with van der Waals surface area (Å²) in [5.41, 5.74) is 0.766. The molecule has 18 heavy (non-hydrogen) atoms. The first-order valence-corrected chi connectivity index (χ1v) is 6.56. The van der Waals surface area contributed by atoms with Crippen molar-refractivity contribution in [1.29, 1.82) is 0 Å². The van der Waals surface area contributed by atoms with Crippen LogP contribution in [0.1, 0.15) is 5.56 Å². The minimum atomic E-state index is -0.627. The molecule has 0 aliphatic rings. The van der Waals surface area contributed by atoms with Crippen molar-refractivity contribution in [1.82, 2.24) is 0 Å². The average Bonchev–Trinajstić information content (AvgIpc) is 2.30. The summed E-state index contributed by atoms with van der Waals surface area (Å²) in [6.45, 7) is 1.61. The van der Waals surface area contributed by atoms with Crippen molar-refractivity contribution >= 4 is 39.1 Å². The van der Waals surface area contributed by atoms with Crippen LogP contribution in [0.4, 0.5) is 8.78 Å². The van der Waals surface area contributed by atoms with Crippen molar-refractivity contribution in [3.63, 3.8) is 0 Å². The third kappa shape index (κ3) is 2.40. The molecule has 0 fully saturated rings. The molecule has 0 saturated heterocycles. The molecule has 0 heterocycles. The second-order valence-electron chi connectivity index (χ2n) is 3.80. The van der Waals surface area contributed by atoms with Crippen molar-refractivity contribution in [3.05, 3.63) is 56.0 Å². The van der Waals surface area contributed by atoms with Gasteiger partial charge in [0.2, 0.25) is 0 Å². The molecular formula is C13H7BrCl2F2. The summed E-state index contributed by atoms with van der Waals surface area (Å²) < 4.78 is 28.1. The fourth-order valence-electron chi connectivity index (χ4n) is 1.64. The van der Waals surface area contributed by atoms with Gasteiger partial charge in [0.05, 0.1) is 10.0 Å². The van der Waals surface area contributed by atoms with Gasteiger partial charge in [0.1, 0.15) is 11.6 Å². The van der Waals surface area contributed by atoms with Gasteiger partial charge in [-0.2, -0.15) is 0 Å². The Morgan fingerprint density at radius 3 is 2.44 bits per heavy atom. The van der Waals surface area contributed by atoms with Crippen LogP contribution >= 0.6 is 39.1 Å². The number of halogens is 5. The van der Waals surface area contributed by atoms with Crippen LogP contribution in [0.2, 0.25) is 10.0 Å². The van der Waals surface area contributed by atoms with Crippen LogP contribution in [0.25, 0.3) is 11.1 Å². The maximum absolute atomic E-state index is 14.1. The Hall–Kier alpha value is -0.640. The minimum absolute atomic E-state index is 0.113. The van der Waals surface area contributed by atoms with E-state index in [1.807, 2.05) is 0 Å². The Morgan fingerprint density at radius 2 is 1.78 bits per heavy atom. The monoisotopic (exact) mass is 350 g/mol. The summed E-state index contributed by atoms with van der Waals surface area (Å²) in [6, 6.07) is 5.87. The summed E-state index contributed by atoms with van der Waals surface area (Å²) in [6.07, 6.45) is 0. The molecule has 0 amide bonds. The topological polar surface area (TPSA) is 0 Å². The highest BCUT2D eigenvalue weighted by Gasteiger charge is 2.18. The number of aryl methyl sites for hydroxylation is 1. The molecule has 0 nitrogen and oxygen atoms in total. The highest BCUT2D eigenvalue weighted by molar-refractivity contribution is 9.10. The van der Waals surface area contributed by atoms with Gasteiger partial charge < -0.3 is 0 Å². The fourth-order valence-corrected chi connectivity index (χ4v) is 2.52. The first kappa shape index (κ1) is 13.8. The average molecular weight is 352 g/mol. The number of hydrogen-bond donors (Lipinski definition) is 0. The SMILES string of the molecule is Cc1ccc(Cl)c(-c2cc(Br)cc(F)c2Cl)c1F. The predicted molar refractivity (Wildman–Crippen MR) is 74.3 cm³/mol. The van der Waals surface area contributed by atoms with E-state index in [9.17, 15) is 8.78 Å². The maximum atomic E-state index is 14.1. The smallest absolute Gasteiger partial charge is 0.143 e. The predicted octanol–water partition coefficient (Wildman–Crippen LogP) is 6.01. The van der Waals surface area contributed by atoms with Gasteiger partial charge >= 0.3 is 0 Å². The van der Waals surface area contributed by atoms with Gasteiger partial charge in [-0.15, -0.1) is 0 Å². The zero-order chi connectivity index (χ0) is 13.4. The Labute approximate surface area is 122 Å². The van der Waals surface area contributed by atoms with Gasteiger partial charge in [-0.3, -0.25) is 0 Å². The normalized spacial score (nSPS) is 10.8. The third-order valence-electron chi connectivity index (χ3n) is 2.55. The molecular weight excluding hydrogens is 345 g/mol. The highest BCUT2D eigenvalue weighted by Crippen LogP contribution is 2.39. The Bertz CT molecular complexity index is 627. The lowest BCUT2D eigenvalue weighted by Crippen LogP contribution is -1.93. The van der Waals surface area contributed by atoms with Gasteiger partial charge in [-0.05, 0) is 30.7 Å². The van der Waals surface area contributed by atoms with Gasteiger partial charge in [0.25, 0.3) is 0 Å². The lowest BCUT2D eigenvalue weighted by Gasteiger charge is -2.11. The van der Waals surface area contributed by atoms with E-state index in [0.29, 0.717) is 10.0 Å². The second-order valence-corrected chi connectivity index (χ2v) is 5.50. The van der Waals surface area contributed by atoms with Gasteiger partial charge in [-0.1, -0.05) is 45.2 Å². The summed E-state index contributed by atoms with van der Waals surface area (Å²) in [5, 5.41) is 0.0436. The van der Waals surface area contributed by atoms with E-state index in [1.165, 1.54) is 12.1 Å². The molecule has 94 valence electrons. The molecule has 2 rings (SSSR count). The fraction of sp³-hybridized carbons (Fsp3) is 0.0769. The Balaban J connectivity index is 2.81. The lowest BCUT2D eigenvalue weighted by atomic mass is 10.0. The van der Waals surface area contributed by atoms with Crippen LogP contribution in [0.3, 0.4) is 0 Å². The van der Waals surface area contributed by atoms with E-state index >= 15 is 0 Å². The molecule has 0 radical (unpaired) electrons. The van der Waals surface area contributed by atoms with E-state index in [0.717, 1.165) is 0 Å². The quantitative estimate of drug-likeness (QED) is 0.552. The summed E-state index contributed by atoms with van der Waals surface area (Å²) >= 11 is 15.0. The van der Waals surface area contributed by atoms with Crippen molar-refractivity contribution < 1.29 is 8.78 Å². The van der Waals surface area contributed by atoms with Crippen molar-refractivity contribution in [2.75, 3.05) is 0 Å². The van der Waals surface area contributed by atoms with E-state index < -0.39 is 11.6 Å². The first-order chi connectivity index (χ1) is 8.41. The lowest BCUT2D eigenvalue weighted by molar-refractivity contribution is 0.619. The summed E-state index contributed by atoms with van der Waals surface area (Å²) in [5.74, 6) is -1.13. The zero-order valence-corrected chi connectivity index (χ0v) is 12.3. The van der Waals surface area contributed by atoms with Gasteiger partial charge in [-0.25, -0.2) is 8.78 Å². The van der Waals surface area contributed by atoms with Crippen molar-refractivity contribution in [3.8, 4) is 11.1 Å². The molecule has 0 spiro atoms. The highest BCUT2D eigenvalue weighted by atomic mass is 79.9. The van der Waals surface area contributed by atoms with Crippen LogP contribution < -0.4 is 0 Å². The minimum Gasteiger partial charge on any atom is -0.206 e. The Morgan fingerprint density at radius 1 is 1.11 bits per heavy atom. The molecule has 0 saturated carbocycles. The maximum Gasteiger partial charge on any atom is 0.143 e. The third-order valence-corrected chi connectivity index (χ3v) is 3.70. The van der Waals surface area contributed by atoms with E-state index in [2.05, 4.69) is 15.9 Å². The molecule has 0 bridgehead atoms. The summed E-state index contributed by atoms with van der Waals surface area (Å²) in [7, 11) is 0.